The van der Waals surface area contributed by atoms with Crippen molar-refractivity contribution in [2.45, 2.75) is 65.2 Å². The first-order valence-corrected chi connectivity index (χ1v) is 13.7. The molecule has 0 aliphatic heterocycles. The van der Waals surface area contributed by atoms with Crippen LogP contribution in [-0.4, -0.2) is 0 Å². The maximum Gasteiger partial charge on any atom is 4.00 e. The molecule has 0 bridgehead atoms. The molecule has 2 aliphatic carbocycles. The average molecular weight is 744 g/mol. The van der Waals surface area contributed by atoms with Crippen LogP contribution in [0.15, 0.2) is 97.1 Å². The first-order chi connectivity index (χ1) is 18.1. The zero-order chi connectivity index (χ0) is 26.9. The van der Waals surface area contributed by atoms with Gasteiger partial charge in [0, 0.05) is 0 Å². The van der Waals surface area contributed by atoms with Gasteiger partial charge in [0.15, 0.2) is 0 Å². The summed E-state index contributed by atoms with van der Waals surface area (Å²) in [5.41, 5.74) is 13.5. The number of rotatable bonds is 2. The van der Waals surface area contributed by atoms with E-state index in [0.29, 0.717) is 0 Å². The van der Waals surface area contributed by atoms with Gasteiger partial charge in [-0.25, -0.2) is 12.2 Å². The van der Waals surface area contributed by atoms with E-state index in [0.717, 1.165) is 12.8 Å². The molecule has 41 heavy (non-hydrogen) atoms. The third kappa shape index (κ3) is 7.81. The molecule has 0 saturated carbocycles. The van der Waals surface area contributed by atoms with E-state index >= 15 is 0 Å². The summed E-state index contributed by atoms with van der Waals surface area (Å²) in [5.74, 6) is 0. The summed E-state index contributed by atoms with van der Waals surface area (Å²) in [6.45, 7) is 13.9. The number of halogens is 2. The van der Waals surface area contributed by atoms with Gasteiger partial charge in [-0.2, -0.15) is 6.08 Å². The Hall–Kier alpha value is -2.19. The van der Waals surface area contributed by atoms with Gasteiger partial charge in [0.1, 0.15) is 0 Å². The minimum absolute atomic E-state index is 0. The zero-order valence-electron chi connectivity index (χ0n) is 24.9. The van der Waals surface area contributed by atoms with Crippen molar-refractivity contribution in [2.24, 2.45) is 0 Å². The van der Waals surface area contributed by atoms with Crippen LogP contribution in [0.2, 0.25) is 0 Å². The minimum Gasteiger partial charge on any atom is -1.00 e. The van der Waals surface area contributed by atoms with Crippen LogP contribution in [0.5, 0.6) is 0 Å². The van der Waals surface area contributed by atoms with Crippen molar-refractivity contribution >= 4 is 0 Å². The number of hydrogen-bond acceptors (Lipinski definition) is 0. The van der Waals surface area contributed by atoms with Gasteiger partial charge >= 0.3 is 25.8 Å². The molecule has 208 valence electrons. The summed E-state index contributed by atoms with van der Waals surface area (Å²) in [6.07, 6.45) is 10.9. The molecular formula is C38H38Cl2Hf. The molecule has 0 fully saturated rings. The standard InChI is InChI=1S/C33H33.C5H5.2ClH.Hf/c1-32(2,3)30-20-26-24(18-28(30)22-13-9-7-10-14-22)17-25-19-29(23-15-11-8-12-16-23)31(21-27(25)26)33(4,5)6;1-2-4-5-3-1;;;/h7-16,18,20-21H,17H2,1-6H3;1-3H,4H2;2*1H;/q2*-1;;;+4/p-2. The predicted octanol–water partition coefficient (Wildman–Crippen LogP) is 4.30. The minimum atomic E-state index is 0. The summed E-state index contributed by atoms with van der Waals surface area (Å²) < 4.78 is 0. The Bertz CT molecular complexity index is 1390. The van der Waals surface area contributed by atoms with Gasteiger partial charge in [0.2, 0.25) is 0 Å². The van der Waals surface area contributed by atoms with Crippen molar-refractivity contribution in [3.8, 4) is 33.4 Å². The molecule has 0 unspecified atom stereocenters. The third-order valence-electron chi connectivity index (χ3n) is 7.41. The van der Waals surface area contributed by atoms with Gasteiger partial charge in [-0.05, 0) is 39.5 Å². The number of benzene rings is 4. The van der Waals surface area contributed by atoms with Crippen LogP contribution < -0.4 is 24.8 Å². The fourth-order valence-corrected chi connectivity index (χ4v) is 5.44. The molecule has 0 radical (unpaired) electrons. The van der Waals surface area contributed by atoms with Crippen LogP contribution in [0.1, 0.15) is 70.2 Å². The van der Waals surface area contributed by atoms with Gasteiger partial charge in [0.25, 0.3) is 0 Å². The summed E-state index contributed by atoms with van der Waals surface area (Å²) in [4.78, 5) is 0. The maximum absolute atomic E-state index is 3.88. The summed E-state index contributed by atoms with van der Waals surface area (Å²) in [6, 6.07) is 32.8. The molecule has 4 aromatic rings. The monoisotopic (exact) mass is 744 g/mol. The molecule has 0 atom stereocenters. The van der Waals surface area contributed by atoms with E-state index in [9.17, 15) is 0 Å². The Balaban J connectivity index is 0.000000667. The van der Waals surface area contributed by atoms with E-state index in [1.807, 2.05) is 12.2 Å². The molecule has 0 aromatic heterocycles. The quantitative estimate of drug-likeness (QED) is 0.187. The fraction of sp³-hybridized carbons (Fsp3) is 0.263. The van der Waals surface area contributed by atoms with Gasteiger partial charge in [-0.3, -0.25) is 6.08 Å². The van der Waals surface area contributed by atoms with Crippen LogP contribution in [0.4, 0.5) is 0 Å². The molecule has 6 rings (SSSR count). The molecule has 0 amide bonds. The maximum atomic E-state index is 3.88. The van der Waals surface area contributed by atoms with Crippen LogP contribution in [0, 0.1) is 12.1 Å². The van der Waals surface area contributed by atoms with Crippen molar-refractivity contribution in [2.75, 3.05) is 0 Å². The Kier molecular flexibility index (Phi) is 12.2. The van der Waals surface area contributed by atoms with Crippen molar-refractivity contribution in [1.82, 2.24) is 0 Å². The van der Waals surface area contributed by atoms with Gasteiger partial charge in [-0.1, -0.05) is 131 Å². The SMILES string of the molecule is CC(C)(C)c1cc2c([c-]c1-c1ccccc1)Cc1cc(-c3ccccc3)c(C(C)(C)C)cc1-2.[C-]1=CC=CC1.[Cl-].[Cl-].[Hf+4]. The van der Waals surface area contributed by atoms with Crippen molar-refractivity contribution in [3.63, 3.8) is 0 Å². The topological polar surface area (TPSA) is 0 Å². The molecule has 3 heteroatoms. The molecule has 0 nitrogen and oxygen atoms in total. The van der Waals surface area contributed by atoms with E-state index < -0.39 is 0 Å². The molecule has 2 aliphatic rings. The first-order valence-electron chi connectivity index (χ1n) is 13.7. The van der Waals surface area contributed by atoms with E-state index in [4.69, 9.17) is 0 Å². The molecule has 4 aromatic carbocycles. The first kappa shape index (κ1) is 35.0. The van der Waals surface area contributed by atoms with Crippen LogP contribution >= 0.6 is 0 Å². The van der Waals surface area contributed by atoms with Gasteiger partial charge < -0.3 is 24.8 Å². The predicted molar refractivity (Wildman–Crippen MR) is 163 cm³/mol. The summed E-state index contributed by atoms with van der Waals surface area (Å²) in [7, 11) is 0. The smallest absolute Gasteiger partial charge is 1.00 e. The third-order valence-corrected chi connectivity index (χ3v) is 7.41. The number of allylic oxidation sites excluding steroid dienone is 4. The Labute approximate surface area is 279 Å². The second-order valence-electron chi connectivity index (χ2n) is 12.4. The zero-order valence-corrected chi connectivity index (χ0v) is 30.0. The van der Waals surface area contributed by atoms with Crippen molar-refractivity contribution in [3.05, 3.63) is 131 Å². The van der Waals surface area contributed by atoms with Gasteiger partial charge in [-0.15, -0.1) is 35.2 Å². The second kappa shape index (κ2) is 14.3. The van der Waals surface area contributed by atoms with E-state index in [2.05, 4.69) is 139 Å². The molecule has 0 heterocycles. The summed E-state index contributed by atoms with van der Waals surface area (Å²) >= 11 is 0. The molecule has 0 N–H and O–H groups in total. The second-order valence-corrected chi connectivity index (χ2v) is 12.4. The van der Waals surface area contributed by atoms with E-state index in [-0.39, 0.29) is 61.5 Å². The largest absolute Gasteiger partial charge is 4.00 e. The van der Waals surface area contributed by atoms with Gasteiger partial charge in [0.05, 0.1) is 0 Å². The molecule has 0 saturated heterocycles. The Morgan fingerprint density at radius 2 is 1.20 bits per heavy atom. The van der Waals surface area contributed by atoms with Crippen molar-refractivity contribution in [1.29, 1.82) is 0 Å². The number of fused-ring (bicyclic) bond motifs is 3. The van der Waals surface area contributed by atoms with Crippen LogP contribution in [-0.2, 0) is 43.1 Å². The van der Waals surface area contributed by atoms with Crippen molar-refractivity contribution < 1.29 is 50.7 Å². The van der Waals surface area contributed by atoms with E-state index in [1.165, 1.54) is 55.6 Å². The fourth-order valence-electron chi connectivity index (χ4n) is 5.44. The Morgan fingerprint density at radius 1 is 0.634 bits per heavy atom. The summed E-state index contributed by atoms with van der Waals surface area (Å²) in [5, 5.41) is 0. The Morgan fingerprint density at radius 3 is 1.68 bits per heavy atom. The number of hydrogen-bond donors (Lipinski definition) is 0. The van der Waals surface area contributed by atoms with Crippen LogP contribution in [0.25, 0.3) is 33.4 Å². The van der Waals surface area contributed by atoms with E-state index in [1.54, 1.807) is 0 Å². The average Bonchev–Trinajstić information content (AvgIpc) is 3.59. The van der Waals surface area contributed by atoms with Crippen LogP contribution in [0.3, 0.4) is 0 Å². The molecular weight excluding hydrogens is 706 g/mol. The molecule has 0 spiro atoms. The normalized spacial score (nSPS) is 12.6.